The third kappa shape index (κ3) is 5.54. The van der Waals surface area contributed by atoms with Crippen LogP contribution in [0.2, 0.25) is 10.0 Å². The van der Waals surface area contributed by atoms with Crippen LogP contribution in [0.25, 0.3) is 0 Å². The average molecular weight is 512 g/mol. The zero-order chi connectivity index (χ0) is 24.3. The summed E-state index contributed by atoms with van der Waals surface area (Å²) in [4.78, 5) is 28.9. The molecule has 34 heavy (non-hydrogen) atoms. The maximum Gasteiger partial charge on any atom is 0.258 e. The van der Waals surface area contributed by atoms with Gasteiger partial charge < -0.3 is 25.2 Å². The van der Waals surface area contributed by atoms with Gasteiger partial charge in [0.05, 0.1) is 21.7 Å². The number of aliphatic hydroxyl groups excluding tert-OH is 1. The molecule has 3 N–H and O–H groups in total. The van der Waals surface area contributed by atoms with E-state index in [4.69, 9.17) is 32.7 Å². The van der Waals surface area contributed by atoms with Gasteiger partial charge >= 0.3 is 0 Å². The Kier molecular flexibility index (Phi) is 7.16. The fraction of sp³-hybridized carbons (Fsp3) is 0.435. The molecule has 3 aliphatic carbocycles. The molecule has 8 nitrogen and oxygen atoms in total. The summed E-state index contributed by atoms with van der Waals surface area (Å²) in [5.74, 6) is -0.897. The summed E-state index contributed by atoms with van der Waals surface area (Å²) in [7, 11) is 0. The van der Waals surface area contributed by atoms with E-state index < -0.39 is 23.0 Å². The third-order valence-corrected chi connectivity index (χ3v) is 6.96. The number of nitrogens with zero attached hydrogens (tertiary/aromatic N) is 1. The Bertz CT molecular complexity index is 1060. The molecule has 2 aromatic rings. The van der Waals surface area contributed by atoms with Crippen molar-refractivity contribution in [3.8, 4) is 11.6 Å². The number of aromatic nitrogens is 1. The quantitative estimate of drug-likeness (QED) is 0.502. The fourth-order valence-electron chi connectivity index (χ4n) is 4.61. The normalized spacial score (nSPS) is 25.5. The first-order valence-corrected chi connectivity index (χ1v) is 11.6. The van der Waals surface area contributed by atoms with Crippen LogP contribution < -0.4 is 20.1 Å². The maximum absolute atomic E-state index is 13.5. The van der Waals surface area contributed by atoms with Gasteiger partial charge in [-0.25, -0.2) is 9.37 Å². The summed E-state index contributed by atoms with van der Waals surface area (Å²) in [6.45, 7) is -0.537. The number of ether oxygens (including phenoxy) is 2. The van der Waals surface area contributed by atoms with E-state index in [0.717, 1.165) is 6.07 Å². The molecule has 0 unspecified atom stereocenters. The van der Waals surface area contributed by atoms with Gasteiger partial charge in [0.15, 0.2) is 13.2 Å². The van der Waals surface area contributed by atoms with Gasteiger partial charge in [-0.05, 0) is 50.3 Å². The number of aliphatic hydroxyl groups is 1. The number of hydrogen-bond donors (Lipinski definition) is 3. The van der Waals surface area contributed by atoms with E-state index in [9.17, 15) is 19.1 Å². The van der Waals surface area contributed by atoms with Gasteiger partial charge in [0.25, 0.3) is 11.8 Å². The Morgan fingerprint density at radius 3 is 2.41 bits per heavy atom. The van der Waals surface area contributed by atoms with Gasteiger partial charge in [-0.2, -0.15) is 0 Å². The van der Waals surface area contributed by atoms with Crippen molar-refractivity contribution in [1.82, 2.24) is 15.6 Å². The van der Waals surface area contributed by atoms with Gasteiger partial charge in [-0.3, -0.25) is 9.59 Å². The number of halogens is 3. The Hall–Kier alpha value is -2.62. The van der Waals surface area contributed by atoms with Crippen LogP contribution in [0.3, 0.4) is 0 Å². The van der Waals surface area contributed by atoms with E-state index in [0.29, 0.717) is 37.1 Å². The number of carbonyl (C=O) groups is 2. The minimum absolute atomic E-state index is 0.0297. The molecule has 1 aromatic carbocycles. The van der Waals surface area contributed by atoms with Crippen molar-refractivity contribution >= 4 is 35.0 Å². The second-order valence-electron chi connectivity index (χ2n) is 8.72. The molecule has 0 saturated heterocycles. The number of nitrogens with one attached hydrogen (secondary N) is 2. The van der Waals surface area contributed by atoms with Gasteiger partial charge in [0, 0.05) is 23.9 Å². The highest BCUT2D eigenvalue weighted by atomic mass is 35.5. The summed E-state index contributed by atoms with van der Waals surface area (Å²) in [6, 6.07) is 7.12. The molecule has 1 aromatic heterocycles. The lowest BCUT2D eigenvalue weighted by Gasteiger charge is -2.56. The third-order valence-electron chi connectivity index (χ3n) is 6.43. The number of hydrogen-bond acceptors (Lipinski definition) is 6. The average Bonchev–Trinajstić information content (AvgIpc) is 2.81. The standard InChI is InChI=1S/C23H24Cl2FN3O5/c24-14-1-4-21(27-11-14)34-13-20(32)29-23-7-5-22(6-8-23,10-18(23)30)28-19(31)12-33-15-2-3-16(25)17(26)9-15/h1-4,9,11,18,30H,5-8,10,12-13H2,(H,28,31)(H,29,32)/t18-,22?,23?/m0/s1. The molecule has 1 heterocycles. The molecule has 1 atom stereocenters. The number of pyridine rings is 1. The molecular weight excluding hydrogens is 488 g/mol. The second-order valence-corrected chi connectivity index (χ2v) is 9.56. The lowest BCUT2D eigenvalue weighted by atomic mass is 9.60. The molecule has 0 radical (unpaired) electrons. The van der Waals surface area contributed by atoms with E-state index >= 15 is 0 Å². The largest absolute Gasteiger partial charge is 0.484 e. The van der Waals surface area contributed by atoms with Crippen LogP contribution >= 0.6 is 23.2 Å². The highest BCUT2D eigenvalue weighted by Gasteiger charge is 2.55. The summed E-state index contributed by atoms with van der Waals surface area (Å²) in [5, 5.41) is 17.2. The van der Waals surface area contributed by atoms with E-state index in [2.05, 4.69) is 15.6 Å². The molecule has 3 saturated carbocycles. The first kappa shape index (κ1) is 24.5. The molecule has 2 amide bonds. The molecule has 182 valence electrons. The second kappa shape index (κ2) is 9.93. The maximum atomic E-state index is 13.5. The first-order valence-electron chi connectivity index (χ1n) is 10.8. The van der Waals surface area contributed by atoms with E-state index in [1.54, 1.807) is 12.1 Å². The Balaban J connectivity index is 1.27. The van der Waals surface area contributed by atoms with Crippen molar-refractivity contribution in [2.24, 2.45) is 0 Å². The zero-order valence-corrected chi connectivity index (χ0v) is 19.7. The minimum atomic E-state index is -0.834. The van der Waals surface area contributed by atoms with Gasteiger partial charge in [0.1, 0.15) is 11.6 Å². The molecule has 0 spiro atoms. The van der Waals surface area contributed by atoms with Gasteiger partial charge in [-0.15, -0.1) is 0 Å². The summed E-state index contributed by atoms with van der Waals surface area (Å²) >= 11 is 11.4. The van der Waals surface area contributed by atoms with E-state index in [-0.39, 0.29) is 41.7 Å². The summed E-state index contributed by atoms with van der Waals surface area (Å²) in [6.07, 6.45) is 3.07. The Labute approximate surface area is 205 Å². The highest BCUT2D eigenvalue weighted by molar-refractivity contribution is 6.30. The number of rotatable bonds is 8. The summed E-state index contributed by atoms with van der Waals surface area (Å²) < 4.78 is 24.3. The Morgan fingerprint density at radius 1 is 1.06 bits per heavy atom. The minimum Gasteiger partial charge on any atom is -0.484 e. The van der Waals surface area contributed by atoms with Crippen LogP contribution in [0, 0.1) is 5.82 Å². The monoisotopic (exact) mass is 511 g/mol. The molecule has 3 fully saturated rings. The smallest absolute Gasteiger partial charge is 0.258 e. The van der Waals surface area contributed by atoms with Crippen LogP contribution in [0.4, 0.5) is 4.39 Å². The van der Waals surface area contributed by atoms with Crippen molar-refractivity contribution in [3.63, 3.8) is 0 Å². The molecule has 0 aliphatic heterocycles. The van der Waals surface area contributed by atoms with Crippen molar-refractivity contribution in [3.05, 3.63) is 52.4 Å². The van der Waals surface area contributed by atoms with Crippen LogP contribution in [-0.2, 0) is 9.59 Å². The molecule has 2 bridgehead atoms. The lowest BCUT2D eigenvalue weighted by Crippen LogP contribution is -2.70. The molecular formula is C23H24Cl2FN3O5. The number of fused-ring (bicyclic) bond motifs is 3. The first-order chi connectivity index (χ1) is 16.2. The highest BCUT2D eigenvalue weighted by Crippen LogP contribution is 2.47. The van der Waals surface area contributed by atoms with E-state index in [1.807, 2.05) is 0 Å². The summed E-state index contributed by atoms with van der Waals surface area (Å²) in [5.41, 5.74) is -1.35. The van der Waals surface area contributed by atoms with Crippen molar-refractivity contribution in [2.45, 2.75) is 49.3 Å². The van der Waals surface area contributed by atoms with Gasteiger partial charge in [0.2, 0.25) is 5.88 Å². The van der Waals surface area contributed by atoms with Crippen LogP contribution in [0.5, 0.6) is 11.6 Å². The molecule has 11 heteroatoms. The number of carbonyl (C=O) groups excluding carboxylic acids is 2. The lowest BCUT2D eigenvalue weighted by molar-refractivity contribution is -0.137. The van der Waals surface area contributed by atoms with Gasteiger partial charge in [-0.1, -0.05) is 23.2 Å². The van der Waals surface area contributed by atoms with Crippen molar-refractivity contribution in [2.75, 3.05) is 13.2 Å². The Morgan fingerprint density at radius 2 is 1.76 bits per heavy atom. The van der Waals surface area contributed by atoms with Crippen LogP contribution in [0.1, 0.15) is 32.1 Å². The van der Waals surface area contributed by atoms with Crippen molar-refractivity contribution < 1.29 is 28.6 Å². The predicted octanol–water partition coefficient (Wildman–Crippen LogP) is 3.03. The zero-order valence-electron chi connectivity index (χ0n) is 18.2. The SMILES string of the molecule is O=C(COc1ccc(Cl)c(F)c1)NC12CCC(NC(=O)COc3ccc(Cl)cn3)(CC1)[C@@H](O)C2. The van der Waals surface area contributed by atoms with Crippen LogP contribution in [-0.4, -0.2) is 52.3 Å². The number of amides is 2. The predicted molar refractivity (Wildman–Crippen MR) is 122 cm³/mol. The topological polar surface area (TPSA) is 110 Å². The molecule has 3 aliphatic rings. The van der Waals surface area contributed by atoms with Crippen LogP contribution in [0.15, 0.2) is 36.5 Å². The fourth-order valence-corrected chi connectivity index (χ4v) is 4.84. The molecule has 5 rings (SSSR count). The number of benzene rings is 1. The van der Waals surface area contributed by atoms with Crippen molar-refractivity contribution in [1.29, 1.82) is 0 Å². The van der Waals surface area contributed by atoms with E-state index in [1.165, 1.54) is 18.3 Å².